The Morgan fingerprint density at radius 2 is 2.36 bits per heavy atom. The molecular formula is C10H14N2O2. The largest absolute Gasteiger partial charge is 0.424 e. The van der Waals surface area contributed by atoms with Crippen LogP contribution in [0.1, 0.15) is 26.2 Å². The summed E-state index contributed by atoms with van der Waals surface area (Å²) in [4.78, 5) is 13.5. The second kappa shape index (κ2) is 5.41. The Kier molecular flexibility index (Phi) is 4.15. The van der Waals surface area contributed by atoms with Crippen LogP contribution in [0.4, 0.5) is 0 Å². The lowest BCUT2D eigenvalue weighted by Crippen LogP contribution is -2.31. The third-order valence-corrected chi connectivity index (χ3v) is 2.79. The summed E-state index contributed by atoms with van der Waals surface area (Å²) in [5.41, 5.74) is 0. The highest BCUT2D eigenvalue weighted by atomic mass is 16.5. The summed E-state index contributed by atoms with van der Waals surface area (Å²) in [6, 6.07) is 0. The molecule has 0 spiro atoms. The minimum Gasteiger partial charge on any atom is -0.424 e. The normalized spacial score (nSPS) is 31.3. The first kappa shape index (κ1) is 10.7. The van der Waals surface area contributed by atoms with E-state index in [-0.39, 0.29) is 12.0 Å². The molecule has 3 atom stereocenters. The number of nitriles is 1. The average molecular weight is 194 g/mol. The van der Waals surface area contributed by atoms with Crippen molar-refractivity contribution in [2.45, 2.75) is 32.3 Å². The summed E-state index contributed by atoms with van der Waals surface area (Å²) in [5.74, 6) is 0.789. The highest BCUT2D eigenvalue weighted by Gasteiger charge is 2.29. The lowest BCUT2D eigenvalue weighted by molar-refractivity contribution is 0.0483. The SMILES string of the molecule is CC1CCC(CN=C=O)C(OC#N)C1. The molecule has 1 rings (SSSR count). The molecule has 0 amide bonds. The van der Waals surface area contributed by atoms with Crippen LogP contribution in [0.2, 0.25) is 0 Å². The fraction of sp³-hybridized carbons (Fsp3) is 0.800. The standard InChI is InChI=1S/C10H14N2O2/c1-8-2-3-9(5-12-7-13)10(4-8)14-6-11/h8-10H,2-5H2,1H3. The Balaban J connectivity index is 2.53. The van der Waals surface area contributed by atoms with Gasteiger partial charge in [-0.15, -0.1) is 0 Å². The summed E-state index contributed by atoms with van der Waals surface area (Å²) in [5, 5.41) is 8.47. The van der Waals surface area contributed by atoms with Crippen LogP contribution in [-0.2, 0) is 9.53 Å². The minimum absolute atomic E-state index is 0.0687. The molecule has 0 aromatic heterocycles. The van der Waals surface area contributed by atoms with Gasteiger partial charge in [0.05, 0.1) is 6.54 Å². The predicted octanol–water partition coefficient (Wildman–Crippen LogP) is 1.62. The number of hydrogen-bond donors (Lipinski definition) is 0. The predicted molar refractivity (Wildman–Crippen MR) is 50.0 cm³/mol. The van der Waals surface area contributed by atoms with E-state index in [1.807, 2.05) is 0 Å². The first-order chi connectivity index (χ1) is 6.77. The Hall–Kier alpha value is -1.33. The monoisotopic (exact) mass is 194 g/mol. The van der Waals surface area contributed by atoms with Crippen LogP contribution in [0.15, 0.2) is 4.99 Å². The quantitative estimate of drug-likeness (QED) is 0.389. The Morgan fingerprint density at radius 1 is 1.57 bits per heavy atom. The van der Waals surface area contributed by atoms with Crippen LogP contribution in [0.3, 0.4) is 0 Å². The number of ether oxygens (including phenoxy) is 1. The number of hydrogen-bond acceptors (Lipinski definition) is 4. The number of rotatable bonds is 3. The zero-order valence-corrected chi connectivity index (χ0v) is 8.27. The summed E-state index contributed by atoms with van der Waals surface area (Å²) >= 11 is 0. The molecule has 0 aromatic carbocycles. The first-order valence-corrected chi connectivity index (χ1v) is 4.86. The second-order valence-electron chi connectivity index (χ2n) is 3.86. The molecule has 4 heteroatoms. The van der Waals surface area contributed by atoms with Gasteiger partial charge in [-0.3, -0.25) is 0 Å². The molecule has 1 fully saturated rings. The van der Waals surface area contributed by atoms with Crippen molar-refractivity contribution in [2.24, 2.45) is 16.8 Å². The molecule has 0 saturated heterocycles. The summed E-state index contributed by atoms with van der Waals surface area (Å²) in [6.45, 7) is 2.58. The molecule has 14 heavy (non-hydrogen) atoms. The highest BCUT2D eigenvalue weighted by molar-refractivity contribution is 5.32. The van der Waals surface area contributed by atoms with Gasteiger partial charge in [0, 0.05) is 5.92 Å². The van der Waals surface area contributed by atoms with E-state index in [9.17, 15) is 4.79 Å². The van der Waals surface area contributed by atoms with E-state index in [0.29, 0.717) is 12.5 Å². The van der Waals surface area contributed by atoms with Crippen molar-refractivity contribution in [1.29, 1.82) is 5.26 Å². The van der Waals surface area contributed by atoms with E-state index in [0.717, 1.165) is 19.3 Å². The highest BCUT2D eigenvalue weighted by Crippen LogP contribution is 2.30. The van der Waals surface area contributed by atoms with Crippen molar-refractivity contribution in [1.82, 2.24) is 0 Å². The van der Waals surface area contributed by atoms with Gasteiger partial charge in [0.25, 0.3) is 6.26 Å². The van der Waals surface area contributed by atoms with Crippen LogP contribution < -0.4 is 0 Å². The maximum atomic E-state index is 9.98. The van der Waals surface area contributed by atoms with Crippen LogP contribution in [0.25, 0.3) is 0 Å². The molecule has 1 aliphatic carbocycles. The van der Waals surface area contributed by atoms with Crippen molar-refractivity contribution in [2.75, 3.05) is 6.54 Å². The lowest BCUT2D eigenvalue weighted by Gasteiger charge is -2.31. The minimum atomic E-state index is -0.0687. The summed E-state index contributed by atoms with van der Waals surface area (Å²) in [6.07, 6.45) is 6.15. The van der Waals surface area contributed by atoms with E-state index < -0.39 is 0 Å². The molecule has 1 saturated carbocycles. The van der Waals surface area contributed by atoms with Crippen molar-refractivity contribution in [3.05, 3.63) is 0 Å². The molecule has 0 aromatic rings. The van der Waals surface area contributed by atoms with Gasteiger partial charge in [-0.1, -0.05) is 13.3 Å². The van der Waals surface area contributed by atoms with Crippen molar-refractivity contribution >= 4 is 6.08 Å². The molecule has 0 radical (unpaired) electrons. The van der Waals surface area contributed by atoms with Gasteiger partial charge in [0.15, 0.2) is 0 Å². The fourth-order valence-electron chi connectivity index (χ4n) is 1.97. The van der Waals surface area contributed by atoms with Crippen LogP contribution in [-0.4, -0.2) is 18.7 Å². The van der Waals surface area contributed by atoms with Gasteiger partial charge in [-0.05, 0) is 18.8 Å². The molecule has 4 nitrogen and oxygen atoms in total. The van der Waals surface area contributed by atoms with Crippen molar-refractivity contribution in [3.63, 3.8) is 0 Å². The topological polar surface area (TPSA) is 62.4 Å². The average Bonchev–Trinajstić information content (AvgIpc) is 2.17. The zero-order valence-electron chi connectivity index (χ0n) is 8.27. The Morgan fingerprint density at radius 3 is 3.00 bits per heavy atom. The molecule has 0 heterocycles. The smallest absolute Gasteiger partial charge is 0.286 e. The van der Waals surface area contributed by atoms with E-state index in [1.54, 1.807) is 6.26 Å². The van der Waals surface area contributed by atoms with Crippen molar-refractivity contribution in [3.8, 4) is 6.26 Å². The van der Waals surface area contributed by atoms with Crippen LogP contribution >= 0.6 is 0 Å². The first-order valence-electron chi connectivity index (χ1n) is 4.86. The maximum absolute atomic E-state index is 9.98. The molecule has 76 valence electrons. The maximum Gasteiger partial charge on any atom is 0.286 e. The third kappa shape index (κ3) is 2.86. The zero-order chi connectivity index (χ0) is 10.4. The van der Waals surface area contributed by atoms with E-state index >= 15 is 0 Å². The van der Waals surface area contributed by atoms with Crippen LogP contribution in [0, 0.1) is 23.4 Å². The van der Waals surface area contributed by atoms with E-state index in [2.05, 4.69) is 11.9 Å². The van der Waals surface area contributed by atoms with Gasteiger partial charge < -0.3 is 4.74 Å². The van der Waals surface area contributed by atoms with Gasteiger partial charge in [0.2, 0.25) is 6.08 Å². The van der Waals surface area contributed by atoms with E-state index in [4.69, 9.17) is 10.00 Å². The second-order valence-corrected chi connectivity index (χ2v) is 3.86. The van der Waals surface area contributed by atoms with Gasteiger partial charge in [0.1, 0.15) is 6.10 Å². The van der Waals surface area contributed by atoms with Crippen molar-refractivity contribution < 1.29 is 9.53 Å². The fourth-order valence-corrected chi connectivity index (χ4v) is 1.97. The Labute approximate surface area is 83.6 Å². The molecule has 3 unspecified atom stereocenters. The summed E-state index contributed by atoms with van der Waals surface area (Å²) < 4.78 is 4.98. The molecular weight excluding hydrogens is 180 g/mol. The Bertz CT molecular complexity index is 266. The number of isocyanates is 1. The lowest BCUT2D eigenvalue weighted by atomic mass is 9.80. The van der Waals surface area contributed by atoms with Gasteiger partial charge >= 0.3 is 0 Å². The van der Waals surface area contributed by atoms with E-state index in [1.165, 1.54) is 6.08 Å². The molecule has 0 bridgehead atoms. The molecule has 0 N–H and O–H groups in total. The summed E-state index contributed by atoms with van der Waals surface area (Å²) in [7, 11) is 0. The van der Waals surface area contributed by atoms with Gasteiger partial charge in [-0.2, -0.15) is 5.26 Å². The molecule has 1 aliphatic rings. The van der Waals surface area contributed by atoms with Crippen LogP contribution in [0.5, 0.6) is 0 Å². The number of aliphatic imine (C=N–C) groups is 1. The number of carbonyl (C=O) groups excluding carboxylic acids is 1. The molecule has 0 aliphatic heterocycles. The number of nitrogens with zero attached hydrogens (tertiary/aromatic N) is 2. The third-order valence-electron chi connectivity index (χ3n) is 2.79. The van der Waals surface area contributed by atoms with Gasteiger partial charge in [-0.25, -0.2) is 9.79 Å².